The fraction of sp³-hybridized carbons (Fsp3) is 0.833. The Labute approximate surface area is 108 Å². The highest BCUT2D eigenvalue weighted by Gasteiger charge is 2.20. The van der Waals surface area contributed by atoms with Gasteiger partial charge in [-0.25, -0.2) is 4.79 Å². The first-order valence-corrected chi connectivity index (χ1v) is 6.06. The number of hydrogen-bond donors (Lipinski definition) is 2. The molecule has 2 N–H and O–H groups in total. The fourth-order valence-electron chi connectivity index (χ4n) is 1.37. The van der Waals surface area contributed by atoms with Gasteiger partial charge in [0.2, 0.25) is 5.91 Å². The van der Waals surface area contributed by atoms with Crippen molar-refractivity contribution in [2.45, 2.75) is 32.7 Å². The zero-order valence-corrected chi connectivity index (χ0v) is 11.3. The van der Waals surface area contributed by atoms with Gasteiger partial charge in [0.1, 0.15) is 6.04 Å². The van der Waals surface area contributed by atoms with E-state index >= 15 is 0 Å². The van der Waals surface area contributed by atoms with E-state index < -0.39 is 12.0 Å². The Morgan fingerprint density at radius 1 is 1.22 bits per heavy atom. The molecule has 6 nitrogen and oxygen atoms in total. The maximum Gasteiger partial charge on any atom is 0.326 e. The summed E-state index contributed by atoms with van der Waals surface area (Å²) in [6, 6.07) is -0.823. The van der Waals surface area contributed by atoms with Crippen molar-refractivity contribution in [2.24, 2.45) is 5.92 Å². The highest BCUT2D eigenvalue weighted by Crippen LogP contribution is 2.05. The normalized spacial score (nSPS) is 12.4. The maximum atomic E-state index is 11.5. The summed E-state index contributed by atoms with van der Waals surface area (Å²) in [7, 11) is 1.57. The number of carboxylic acids is 1. The molecule has 0 fully saturated rings. The summed E-state index contributed by atoms with van der Waals surface area (Å²) < 4.78 is 9.92. The minimum atomic E-state index is -1.00. The van der Waals surface area contributed by atoms with Crippen LogP contribution in [0.15, 0.2) is 0 Å². The molecule has 0 aliphatic heterocycles. The molecule has 0 radical (unpaired) electrons. The van der Waals surface area contributed by atoms with Crippen LogP contribution in [0.4, 0.5) is 0 Å². The number of hydrogen-bond acceptors (Lipinski definition) is 4. The van der Waals surface area contributed by atoms with E-state index in [-0.39, 0.29) is 24.9 Å². The van der Waals surface area contributed by atoms with Crippen molar-refractivity contribution in [1.82, 2.24) is 5.32 Å². The fourth-order valence-corrected chi connectivity index (χ4v) is 1.37. The molecule has 0 aliphatic carbocycles. The van der Waals surface area contributed by atoms with Crippen LogP contribution in [-0.2, 0) is 19.1 Å². The van der Waals surface area contributed by atoms with Crippen LogP contribution in [0.2, 0.25) is 0 Å². The molecule has 1 amide bonds. The molecule has 0 aromatic heterocycles. The minimum absolute atomic E-state index is 0.158. The van der Waals surface area contributed by atoms with Crippen molar-refractivity contribution >= 4 is 11.9 Å². The van der Waals surface area contributed by atoms with Crippen LogP contribution < -0.4 is 5.32 Å². The number of aliphatic carboxylic acids is 1. The van der Waals surface area contributed by atoms with Gasteiger partial charge in [-0.05, 0) is 12.3 Å². The second-order valence-electron chi connectivity index (χ2n) is 4.44. The smallest absolute Gasteiger partial charge is 0.326 e. The van der Waals surface area contributed by atoms with Crippen LogP contribution in [0.1, 0.15) is 26.7 Å². The Kier molecular flexibility index (Phi) is 9.22. The number of carbonyl (C=O) groups is 2. The number of carboxylic acid groups (broad SMARTS) is 1. The summed E-state index contributed by atoms with van der Waals surface area (Å²) in [5, 5.41) is 11.4. The summed E-state index contributed by atoms with van der Waals surface area (Å²) in [5.74, 6) is -1.10. The molecule has 0 spiro atoms. The monoisotopic (exact) mass is 261 g/mol. The van der Waals surface area contributed by atoms with E-state index in [1.54, 1.807) is 7.11 Å². The largest absolute Gasteiger partial charge is 0.480 e. The molecule has 0 aromatic carbocycles. The molecular formula is C12H23NO5. The Bertz CT molecular complexity index is 255. The maximum absolute atomic E-state index is 11.5. The number of carbonyl (C=O) groups excluding carboxylic acids is 1. The van der Waals surface area contributed by atoms with Crippen molar-refractivity contribution in [3.8, 4) is 0 Å². The van der Waals surface area contributed by atoms with Crippen LogP contribution in [-0.4, -0.2) is 50.0 Å². The second-order valence-corrected chi connectivity index (χ2v) is 4.44. The van der Waals surface area contributed by atoms with Gasteiger partial charge in [-0.3, -0.25) is 4.79 Å². The Morgan fingerprint density at radius 2 is 1.89 bits per heavy atom. The number of methoxy groups -OCH3 is 1. The molecule has 6 heteroatoms. The highest BCUT2D eigenvalue weighted by atomic mass is 16.5. The molecule has 0 rings (SSSR count). The van der Waals surface area contributed by atoms with Gasteiger partial charge in [0.05, 0.1) is 19.8 Å². The summed E-state index contributed by atoms with van der Waals surface area (Å²) in [6.07, 6.45) is 0.581. The number of nitrogens with one attached hydrogen (secondary N) is 1. The van der Waals surface area contributed by atoms with Crippen molar-refractivity contribution in [1.29, 1.82) is 0 Å². The van der Waals surface area contributed by atoms with Crippen molar-refractivity contribution in [2.75, 3.05) is 26.9 Å². The van der Waals surface area contributed by atoms with E-state index in [9.17, 15) is 9.59 Å². The molecule has 0 aliphatic rings. The summed E-state index contributed by atoms with van der Waals surface area (Å²) >= 11 is 0. The quantitative estimate of drug-likeness (QED) is 0.564. The molecule has 18 heavy (non-hydrogen) atoms. The molecule has 0 saturated heterocycles. The molecule has 0 saturated carbocycles. The minimum Gasteiger partial charge on any atom is -0.480 e. The SMILES string of the molecule is COCCOCCC(=O)NC(CC(C)C)C(=O)O. The van der Waals surface area contributed by atoms with E-state index in [0.717, 1.165) is 0 Å². The number of rotatable bonds is 10. The van der Waals surface area contributed by atoms with Gasteiger partial charge < -0.3 is 19.9 Å². The van der Waals surface area contributed by atoms with E-state index in [1.807, 2.05) is 13.8 Å². The lowest BCUT2D eigenvalue weighted by atomic mass is 10.0. The van der Waals surface area contributed by atoms with E-state index in [1.165, 1.54) is 0 Å². The molecule has 106 valence electrons. The zero-order valence-electron chi connectivity index (χ0n) is 11.3. The third kappa shape index (κ3) is 8.95. The zero-order chi connectivity index (χ0) is 14.0. The summed E-state index contributed by atoms with van der Waals surface area (Å²) in [4.78, 5) is 22.4. The van der Waals surface area contributed by atoms with Gasteiger partial charge >= 0.3 is 5.97 Å². The first kappa shape index (κ1) is 16.9. The van der Waals surface area contributed by atoms with Crippen LogP contribution in [0.5, 0.6) is 0 Å². The van der Waals surface area contributed by atoms with Gasteiger partial charge in [-0.2, -0.15) is 0 Å². The second kappa shape index (κ2) is 9.85. The van der Waals surface area contributed by atoms with Gasteiger partial charge in [-0.1, -0.05) is 13.8 Å². The van der Waals surface area contributed by atoms with Crippen LogP contribution in [0.3, 0.4) is 0 Å². The van der Waals surface area contributed by atoms with Gasteiger partial charge in [0.15, 0.2) is 0 Å². The third-order valence-corrected chi connectivity index (χ3v) is 2.25. The van der Waals surface area contributed by atoms with Gasteiger partial charge in [0.25, 0.3) is 0 Å². The Hall–Kier alpha value is -1.14. The lowest BCUT2D eigenvalue weighted by molar-refractivity contribution is -0.142. The van der Waals surface area contributed by atoms with E-state index in [4.69, 9.17) is 14.6 Å². The van der Waals surface area contributed by atoms with Crippen molar-refractivity contribution < 1.29 is 24.2 Å². The standard InChI is InChI=1S/C12H23NO5/c1-9(2)8-10(12(15)16)13-11(14)4-5-18-7-6-17-3/h9-10H,4-8H2,1-3H3,(H,13,14)(H,15,16). The van der Waals surface area contributed by atoms with E-state index in [0.29, 0.717) is 19.6 Å². The van der Waals surface area contributed by atoms with Crippen LogP contribution >= 0.6 is 0 Å². The Morgan fingerprint density at radius 3 is 2.39 bits per heavy atom. The van der Waals surface area contributed by atoms with Gasteiger partial charge in [-0.15, -0.1) is 0 Å². The summed E-state index contributed by atoms with van der Waals surface area (Å²) in [5.41, 5.74) is 0. The number of amides is 1. The van der Waals surface area contributed by atoms with Crippen molar-refractivity contribution in [3.63, 3.8) is 0 Å². The molecule has 0 heterocycles. The lowest BCUT2D eigenvalue weighted by Gasteiger charge is -2.16. The first-order chi connectivity index (χ1) is 8.47. The van der Waals surface area contributed by atoms with Gasteiger partial charge in [0, 0.05) is 13.5 Å². The van der Waals surface area contributed by atoms with Crippen molar-refractivity contribution in [3.05, 3.63) is 0 Å². The predicted octanol–water partition coefficient (Wildman–Crippen LogP) is 0.655. The third-order valence-electron chi connectivity index (χ3n) is 2.25. The molecule has 0 aromatic rings. The predicted molar refractivity (Wildman–Crippen MR) is 66.3 cm³/mol. The van der Waals surface area contributed by atoms with Crippen LogP contribution in [0, 0.1) is 5.92 Å². The molecule has 1 unspecified atom stereocenters. The average Bonchev–Trinajstić information content (AvgIpc) is 2.27. The molecule has 0 bridgehead atoms. The molecule has 1 atom stereocenters. The topological polar surface area (TPSA) is 84.9 Å². The first-order valence-electron chi connectivity index (χ1n) is 6.06. The van der Waals surface area contributed by atoms with E-state index in [2.05, 4.69) is 5.32 Å². The Balaban J connectivity index is 3.85. The highest BCUT2D eigenvalue weighted by molar-refractivity contribution is 5.83. The number of ether oxygens (including phenoxy) is 2. The summed E-state index contributed by atoms with van der Waals surface area (Å²) in [6.45, 7) is 5.00. The average molecular weight is 261 g/mol. The lowest BCUT2D eigenvalue weighted by Crippen LogP contribution is -2.41. The van der Waals surface area contributed by atoms with Crippen LogP contribution in [0.25, 0.3) is 0 Å². The molecular weight excluding hydrogens is 238 g/mol.